The van der Waals surface area contributed by atoms with Gasteiger partial charge in [-0.1, -0.05) is 0 Å². The molecule has 2 fully saturated rings. The van der Waals surface area contributed by atoms with E-state index >= 15 is 0 Å². The van der Waals surface area contributed by atoms with E-state index in [1.54, 1.807) is 4.90 Å². The summed E-state index contributed by atoms with van der Waals surface area (Å²) in [6, 6.07) is 0. The number of hydrogen-bond donors (Lipinski definition) is 1. The third-order valence-electron chi connectivity index (χ3n) is 2.74. The van der Waals surface area contributed by atoms with Gasteiger partial charge < -0.3 is 15.0 Å². The van der Waals surface area contributed by atoms with E-state index in [1.165, 1.54) is 0 Å². The molecule has 0 spiro atoms. The minimum atomic E-state index is -0.153. The highest BCUT2D eigenvalue weighted by Crippen LogP contribution is 2.03. The van der Waals surface area contributed by atoms with Crippen LogP contribution in [0.1, 0.15) is 0 Å². The predicted octanol–water partition coefficient (Wildman–Crippen LogP) is -0.656. The Kier molecular flexibility index (Phi) is 3.21. The van der Waals surface area contributed by atoms with Crippen molar-refractivity contribution >= 4 is 6.09 Å². The molecule has 0 aliphatic carbocycles. The molecule has 1 amide bonds. The Morgan fingerprint density at radius 1 is 1.21 bits per heavy atom. The van der Waals surface area contributed by atoms with Crippen molar-refractivity contribution in [1.82, 2.24) is 15.1 Å². The molecule has 0 aromatic heterocycles. The van der Waals surface area contributed by atoms with Crippen LogP contribution in [0, 0.1) is 0 Å². The van der Waals surface area contributed by atoms with Crippen molar-refractivity contribution in [1.29, 1.82) is 0 Å². The summed E-state index contributed by atoms with van der Waals surface area (Å²) < 4.78 is 4.86. The highest BCUT2D eigenvalue weighted by Gasteiger charge is 2.22. The number of hydrogen-bond acceptors (Lipinski definition) is 4. The molecule has 2 saturated heterocycles. The summed E-state index contributed by atoms with van der Waals surface area (Å²) in [5.41, 5.74) is 0. The number of ether oxygens (including phenoxy) is 1. The predicted molar refractivity (Wildman–Crippen MR) is 52.2 cm³/mol. The van der Waals surface area contributed by atoms with Crippen LogP contribution in [0.4, 0.5) is 4.79 Å². The van der Waals surface area contributed by atoms with Gasteiger partial charge in [-0.2, -0.15) is 0 Å². The van der Waals surface area contributed by atoms with Crippen molar-refractivity contribution in [2.75, 3.05) is 52.4 Å². The van der Waals surface area contributed by atoms with E-state index in [4.69, 9.17) is 4.74 Å². The molecular formula is C9H17N3O2. The zero-order chi connectivity index (χ0) is 9.80. The fourth-order valence-electron chi connectivity index (χ4n) is 1.83. The van der Waals surface area contributed by atoms with Crippen molar-refractivity contribution in [2.45, 2.75) is 0 Å². The van der Waals surface area contributed by atoms with Crippen LogP contribution in [0.3, 0.4) is 0 Å². The first-order valence-corrected chi connectivity index (χ1v) is 5.21. The van der Waals surface area contributed by atoms with Gasteiger partial charge in [-0.15, -0.1) is 0 Å². The highest BCUT2D eigenvalue weighted by molar-refractivity contribution is 5.69. The van der Waals surface area contributed by atoms with Gasteiger partial charge in [0.1, 0.15) is 6.61 Å². The standard InChI is InChI=1S/C9H17N3O2/c13-9-12(7-8-14-9)6-5-11-3-1-10-2-4-11/h10H,1-8H2. The van der Waals surface area contributed by atoms with E-state index in [-0.39, 0.29) is 6.09 Å². The number of nitrogens with zero attached hydrogens (tertiary/aromatic N) is 2. The molecule has 14 heavy (non-hydrogen) atoms. The molecule has 0 atom stereocenters. The van der Waals surface area contributed by atoms with E-state index in [0.717, 1.165) is 45.8 Å². The molecule has 80 valence electrons. The summed E-state index contributed by atoms with van der Waals surface area (Å²) >= 11 is 0. The monoisotopic (exact) mass is 199 g/mol. The second-order valence-electron chi connectivity index (χ2n) is 3.69. The maximum absolute atomic E-state index is 11.1. The molecule has 0 unspecified atom stereocenters. The molecule has 0 aromatic rings. The molecule has 0 aromatic carbocycles. The van der Waals surface area contributed by atoms with Gasteiger partial charge >= 0.3 is 6.09 Å². The van der Waals surface area contributed by atoms with Crippen LogP contribution < -0.4 is 5.32 Å². The van der Waals surface area contributed by atoms with E-state index in [0.29, 0.717) is 6.61 Å². The summed E-state index contributed by atoms with van der Waals surface area (Å²) in [5.74, 6) is 0. The maximum atomic E-state index is 11.1. The number of cyclic esters (lactones) is 1. The minimum absolute atomic E-state index is 0.153. The molecule has 2 heterocycles. The molecule has 5 heteroatoms. The number of nitrogens with one attached hydrogen (secondary N) is 1. The highest BCUT2D eigenvalue weighted by atomic mass is 16.6. The van der Waals surface area contributed by atoms with Gasteiger partial charge in [0, 0.05) is 39.3 Å². The second-order valence-corrected chi connectivity index (χ2v) is 3.69. The van der Waals surface area contributed by atoms with Gasteiger partial charge in [0.15, 0.2) is 0 Å². The first kappa shape index (κ1) is 9.73. The third-order valence-corrected chi connectivity index (χ3v) is 2.74. The van der Waals surface area contributed by atoms with Crippen molar-refractivity contribution < 1.29 is 9.53 Å². The van der Waals surface area contributed by atoms with Crippen molar-refractivity contribution in [3.8, 4) is 0 Å². The lowest BCUT2D eigenvalue weighted by molar-refractivity contribution is 0.151. The fraction of sp³-hybridized carbons (Fsp3) is 0.889. The average molecular weight is 199 g/mol. The summed E-state index contributed by atoms with van der Waals surface area (Å²) in [6.45, 7) is 7.38. The maximum Gasteiger partial charge on any atom is 0.409 e. The lowest BCUT2D eigenvalue weighted by Crippen LogP contribution is -2.46. The molecular weight excluding hydrogens is 182 g/mol. The van der Waals surface area contributed by atoms with E-state index in [9.17, 15) is 4.79 Å². The Morgan fingerprint density at radius 3 is 2.64 bits per heavy atom. The minimum Gasteiger partial charge on any atom is -0.448 e. The zero-order valence-electron chi connectivity index (χ0n) is 8.37. The van der Waals surface area contributed by atoms with Gasteiger partial charge in [-0.05, 0) is 0 Å². The van der Waals surface area contributed by atoms with Crippen molar-refractivity contribution in [3.05, 3.63) is 0 Å². The lowest BCUT2D eigenvalue weighted by Gasteiger charge is -2.28. The molecule has 0 bridgehead atoms. The van der Waals surface area contributed by atoms with Gasteiger partial charge in [0.05, 0.1) is 6.54 Å². The molecule has 2 aliphatic heterocycles. The van der Waals surface area contributed by atoms with Crippen LogP contribution >= 0.6 is 0 Å². The number of carbonyl (C=O) groups excluding carboxylic acids is 1. The van der Waals surface area contributed by atoms with Crippen molar-refractivity contribution in [3.63, 3.8) is 0 Å². The molecule has 0 radical (unpaired) electrons. The van der Waals surface area contributed by atoms with Gasteiger partial charge in [-0.25, -0.2) is 4.79 Å². The topological polar surface area (TPSA) is 44.8 Å². The second kappa shape index (κ2) is 4.61. The van der Waals surface area contributed by atoms with Crippen LogP contribution in [-0.4, -0.2) is 68.3 Å². The first-order chi connectivity index (χ1) is 6.86. The molecule has 0 saturated carbocycles. The largest absolute Gasteiger partial charge is 0.448 e. The summed E-state index contributed by atoms with van der Waals surface area (Å²) in [5, 5.41) is 3.30. The van der Waals surface area contributed by atoms with Gasteiger partial charge in [0.2, 0.25) is 0 Å². The molecule has 1 N–H and O–H groups in total. The quantitative estimate of drug-likeness (QED) is 0.655. The summed E-state index contributed by atoms with van der Waals surface area (Å²) in [7, 11) is 0. The van der Waals surface area contributed by atoms with E-state index in [2.05, 4.69) is 10.2 Å². The van der Waals surface area contributed by atoms with E-state index < -0.39 is 0 Å². The van der Waals surface area contributed by atoms with Gasteiger partial charge in [-0.3, -0.25) is 4.90 Å². The Hall–Kier alpha value is -0.810. The lowest BCUT2D eigenvalue weighted by atomic mass is 10.3. The van der Waals surface area contributed by atoms with E-state index in [1.807, 2.05) is 0 Å². The molecule has 5 nitrogen and oxygen atoms in total. The average Bonchev–Trinajstić information content (AvgIpc) is 2.63. The number of amides is 1. The first-order valence-electron chi connectivity index (χ1n) is 5.21. The Morgan fingerprint density at radius 2 is 2.00 bits per heavy atom. The Balaban J connectivity index is 1.68. The number of carbonyl (C=O) groups is 1. The van der Waals surface area contributed by atoms with Crippen LogP contribution in [0.5, 0.6) is 0 Å². The number of rotatable bonds is 3. The Labute approximate surface area is 84.0 Å². The van der Waals surface area contributed by atoms with Crippen LogP contribution in [0.2, 0.25) is 0 Å². The normalized spacial score (nSPS) is 24.0. The van der Waals surface area contributed by atoms with Crippen LogP contribution in [0.15, 0.2) is 0 Å². The Bertz CT molecular complexity index is 204. The van der Waals surface area contributed by atoms with Crippen molar-refractivity contribution in [2.24, 2.45) is 0 Å². The fourth-order valence-corrected chi connectivity index (χ4v) is 1.83. The summed E-state index contributed by atoms with van der Waals surface area (Å²) in [4.78, 5) is 15.3. The van der Waals surface area contributed by atoms with Gasteiger partial charge in [0.25, 0.3) is 0 Å². The number of piperazine rings is 1. The molecule has 2 rings (SSSR count). The third kappa shape index (κ3) is 2.36. The SMILES string of the molecule is O=C1OCCN1CCN1CCNCC1. The van der Waals surface area contributed by atoms with Crippen LogP contribution in [-0.2, 0) is 4.74 Å². The summed E-state index contributed by atoms with van der Waals surface area (Å²) in [6.07, 6.45) is -0.153. The molecule has 2 aliphatic rings. The van der Waals surface area contributed by atoms with Crippen LogP contribution in [0.25, 0.3) is 0 Å². The smallest absolute Gasteiger partial charge is 0.409 e. The zero-order valence-corrected chi connectivity index (χ0v) is 8.37.